The van der Waals surface area contributed by atoms with Crippen molar-refractivity contribution in [2.45, 2.75) is 25.4 Å². The minimum absolute atomic E-state index is 0.615. The maximum atomic E-state index is 11.0. The molecule has 3 nitrogen and oxygen atoms in total. The van der Waals surface area contributed by atoms with E-state index >= 15 is 0 Å². The molecule has 1 unspecified atom stereocenters. The van der Waals surface area contributed by atoms with Crippen LogP contribution < -0.4 is 10.5 Å². The van der Waals surface area contributed by atoms with Gasteiger partial charge in [0.2, 0.25) is 0 Å². The predicted molar refractivity (Wildman–Crippen MR) is 85.3 cm³/mol. The van der Waals surface area contributed by atoms with E-state index in [4.69, 9.17) is 10.5 Å². The van der Waals surface area contributed by atoms with E-state index < -0.39 is 5.60 Å². The zero-order valence-corrected chi connectivity index (χ0v) is 12.5. The topological polar surface area (TPSA) is 55.5 Å². The van der Waals surface area contributed by atoms with Gasteiger partial charge in [0.25, 0.3) is 0 Å². The van der Waals surface area contributed by atoms with Crippen LogP contribution in [0.4, 0.5) is 0 Å². The van der Waals surface area contributed by atoms with Crippen LogP contribution in [0.15, 0.2) is 54.6 Å². The first kappa shape index (κ1) is 15.5. The van der Waals surface area contributed by atoms with Crippen LogP contribution in [0, 0.1) is 0 Å². The lowest BCUT2D eigenvalue weighted by molar-refractivity contribution is 0.0765. The highest BCUT2D eigenvalue weighted by atomic mass is 16.5. The number of hydrogen-bond acceptors (Lipinski definition) is 3. The van der Waals surface area contributed by atoms with Gasteiger partial charge in [-0.25, -0.2) is 0 Å². The van der Waals surface area contributed by atoms with E-state index in [1.807, 2.05) is 61.5 Å². The van der Waals surface area contributed by atoms with Gasteiger partial charge in [0.1, 0.15) is 11.4 Å². The van der Waals surface area contributed by atoms with Crippen molar-refractivity contribution in [2.75, 3.05) is 13.2 Å². The molecule has 3 heteroatoms. The molecule has 0 radical (unpaired) electrons. The van der Waals surface area contributed by atoms with E-state index in [0.717, 1.165) is 23.3 Å². The maximum Gasteiger partial charge on any atom is 0.119 e. The zero-order chi connectivity index (χ0) is 15.1. The first-order chi connectivity index (χ1) is 10.2. The van der Waals surface area contributed by atoms with E-state index in [-0.39, 0.29) is 0 Å². The number of benzene rings is 2. The number of nitrogens with two attached hydrogens (primary N) is 1. The summed E-state index contributed by atoms with van der Waals surface area (Å²) in [6.07, 6.45) is 1.45. The summed E-state index contributed by atoms with van der Waals surface area (Å²) in [5.41, 5.74) is 6.27. The summed E-state index contributed by atoms with van der Waals surface area (Å²) < 4.78 is 5.59. The van der Waals surface area contributed by atoms with Crippen LogP contribution in [0.1, 0.15) is 30.9 Å². The Morgan fingerprint density at radius 1 is 1.00 bits per heavy atom. The largest absolute Gasteiger partial charge is 0.494 e. The van der Waals surface area contributed by atoms with Crippen LogP contribution in [0.2, 0.25) is 0 Å². The molecule has 0 saturated carbocycles. The van der Waals surface area contributed by atoms with E-state index in [2.05, 4.69) is 0 Å². The molecule has 2 rings (SSSR count). The van der Waals surface area contributed by atoms with Gasteiger partial charge < -0.3 is 15.6 Å². The van der Waals surface area contributed by atoms with Crippen LogP contribution in [-0.2, 0) is 5.60 Å². The molecule has 2 aromatic carbocycles. The van der Waals surface area contributed by atoms with Crippen molar-refractivity contribution in [1.82, 2.24) is 0 Å². The third-order valence-electron chi connectivity index (χ3n) is 3.71. The third kappa shape index (κ3) is 3.63. The maximum absolute atomic E-state index is 11.0. The van der Waals surface area contributed by atoms with Gasteiger partial charge in [-0.15, -0.1) is 0 Å². The molecular weight excluding hydrogens is 262 g/mol. The van der Waals surface area contributed by atoms with Gasteiger partial charge in [-0.05, 0) is 42.6 Å². The Morgan fingerprint density at radius 3 is 2.19 bits per heavy atom. The number of ether oxygens (including phenoxy) is 1. The average Bonchev–Trinajstić information content (AvgIpc) is 2.56. The van der Waals surface area contributed by atoms with Gasteiger partial charge >= 0.3 is 0 Å². The van der Waals surface area contributed by atoms with Crippen molar-refractivity contribution in [1.29, 1.82) is 0 Å². The van der Waals surface area contributed by atoms with Crippen molar-refractivity contribution in [3.05, 3.63) is 65.7 Å². The molecule has 2 aromatic rings. The van der Waals surface area contributed by atoms with Crippen LogP contribution in [0.25, 0.3) is 0 Å². The van der Waals surface area contributed by atoms with Crippen LogP contribution >= 0.6 is 0 Å². The monoisotopic (exact) mass is 285 g/mol. The highest BCUT2D eigenvalue weighted by Crippen LogP contribution is 2.33. The Labute approximate surface area is 126 Å². The molecule has 0 spiro atoms. The Bertz CT molecular complexity index is 539. The normalized spacial score (nSPS) is 13.7. The van der Waals surface area contributed by atoms with Crippen molar-refractivity contribution in [3.63, 3.8) is 0 Å². The van der Waals surface area contributed by atoms with Gasteiger partial charge in [-0.1, -0.05) is 49.4 Å². The number of rotatable bonds is 7. The summed E-state index contributed by atoms with van der Waals surface area (Å²) in [6.45, 7) is 3.23. The fourth-order valence-corrected chi connectivity index (χ4v) is 2.39. The van der Waals surface area contributed by atoms with Crippen LogP contribution in [0.3, 0.4) is 0 Å². The standard InChI is InChI=1S/C18H23NO2/c1-2-18(20,15-7-4-3-5-8-15)16-9-11-17(12-10-16)21-14-6-13-19/h3-5,7-12,20H,2,6,13-14,19H2,1H3. The van der Waals surface area contributed by atoms with Gasteiger partial charge in [0, 0.05) is 0 Å². The fraction of sp³-hybridized carbons (Fsp3) is 0.333. The predicted octanol–water partition coefficient (Wildman–Crippen LogP) is 3.06. The average molecular weight is 285 g/mol. The highest BCUT2D eigenvalue weighted by Gasteiger charge is 2.29. The van der Waals surface area contributed by atoms with Crippen molar-refractivity contribution in [2.24, 2.45) is 5.73 Å². The zero-order valence-electron chi connectivity index (χ0n) is 12.5. The Hall–Kier alpha value is -1.84. The van der Waals surface area contributed by atoms with Gasteiger partial charge in [0.05, 0.1) is 6.61 Å². The minimum Gasteiger partial charge on any atom is -0.494 e. The quantitative estimate of drug-likeness (QED) is 0.769. The van der Waals surface area contributed by atoms with Gasteiger partial charge in [-0.2, -0.15) is 0 Å². The highest BCUT2D eigenvalue weighted by molar-refractivity contribution is 5.38. The Morgan fingerprint density at radius 2 is 1.62 bits per heavy atom. The van der Waals surface area contributed by atoms with Crippen molar-refractivity contribution >= 4 is 0 Å². The van der Waals surface area contributed by atoms with Crippen LogP contribution in [-0.4, -0.2) is 18.3 Å². The lowest BCUT2D eigenvalue weighted by atomic mass is 9.84. The molecule has 112 valence electrons. The summed E-state index contributed by atoms with van der Waals surface area (Å²) in [7, 11) is 0. The third-order valence-corrected chi connectivity index (χ3v) is 3.71. The summed E-state index contributed by atoms with van der Waals surface area (Å²) in [5, 5.41) is 11.0. The molecular formula is C18H23NO2. The first-order valence-corrected chi connectivity index (χ1v) is 7.42. The smallest absolute Gasteiger partial charge is 0.119 e. The van der Waals surface area contributed by atoms with Gasteiger partial charge in [-0.3, -0.25) is 0 Å². The first-order valence-electron chi connectivity index (χ1n) is 7.42. The number of hydrogen-bond donors (Lipinski definition) is 2. The summed E-state index contributed by atoms with van der Waals surface area (Å²) in [6, 6.07) is 17.4. The second-order valence-electron chi connectivity index (χ2n) is 5.09. The second kappa shape index (κ2) is 7.25. The SMILES string of the molecule is CCC(O)(c1ccccc1)c1ccc(OCCCN)cc1. The summed E-state index contributed by atoms with van der Waals surface area (Å²) in [5.74, 6) is 0.804. The fourth-order valence-electron chi connectivity index (χ4n) is 2.39. The summed E-state index contributed by atoms with van der Waals surface area (Å²) in [4.78, 5) is 0. The second-order valence-corrected chi connectivity index (χ2v) is 5.09. The Kier molecular flexibility index (Phi) is 5.37. The van der Waals surface area contributed by atoms with Gasteiger partial charge in [0.15, 0.2) is 0 Å². The van der Waals surface area contributed by atoms with E-state index in [1.54, 1.807) is 0 Å². The van der Waals surface area contributed by atoms with E-state index in [0.29, 0.717) is 19.6 Å². The van der Waals surface area contributed by atoms with E-state index in [1.165, 1.54) is 0 Å². The van der Waals surface area contributed by atoms with E-state index in [9.17, 15) is 5.11 Å². The molecule has 0 aliphatic rings. The van der Waals surface area contributed by atoms with Crippen molar-refractivity contribution in [3.8, 4) is 5.75 Å². The molecule has 0 aromatic heterocycles. The van der Waals surface area contributed by atoms with Crippen LogP contribution in [0.5, 0.6) is 5.75 Å². The lowest BCUT2D eigenvalue weighted by Crippen LogP contribution is -2.26. The van der Waals surface area contributed by atoms with Crippen molar-refractivity contribution < 1.29 is 9.84 Å². The molecule has 0 saturated heterocycles. The summed E-state index contributed by atoms with van der Waals surface area (Å²) >= 11 is 0. The molecule has 0 bridgehead atoms. The molecule has 0 aliphatic carbocycles. The minimum atomic E-state index is -0.961. The lowest BCUT2D eigenvalue weighted by Gasteiger charge is -2.28. The molecule has 0 aliphatic heterocycles. The molecule has 0 amide bonds. The molecule has 0 heterocycles. The molecule has 21 heavy (non-hydrogen) atoms. The molecule has 3 N–H and O–H groups in total. The Balaban J connectivity index is 2.19. The molecule has 0 fully saturated rings. The number of aliphatic hydroxyl groups is 1. The molecule has 1 atom stereocenters.